The van der Waals surface area contributed by atoms with Gasteiger partial charge in [0.15, 0.2) is 5.65 Å². The van der Waals surface area contributed by atoms with Crippen molar-refractivity contribution in [3.63, 3.8) is 0 Å². The van der Waals surface area contributed by atoms with Crippen molar-refractivity contribution in [1.29, 1.82) is 0 Å². The van der Waals surface area contributed by atoms with E-state index < -0.39 is 0 Å². The first-order valence-electron chi connectivity index (χ1n) is 3.66. The van der Waals surface area contributed by atoms with Crippen LogP contribution in [-0.4, -0.2) is 25.5 Å². The topological polar surface area (TPSA) is 69.3 Å². The fourth-order valence-electron chi connectivity index (χ4n) is 1.07. The molecule has 0 aliphatic rings. The van der Waals surface area contributed by atoms with Gasteiger partial charge in [-0.15, -0.1) is 5.10 Å². The number of rotatable bonds is 2. The maximum atomic E-state index is 11.4. The Balaban J connectivity index is 2.74. The van der Waals surface area contributed by atoms with E-state index in [0.29, 0.717) is 11.9 Å². The van der Waals surface area contributed by atoms with E-state index >= 15 is 0 Å². The molecule has 2 aromatic heterocycles. The molecule has 13 heavy (non-hydrogen) atoms. The van der Waals surface area contributed by atoms with E-state index in [9.17, 15) is 9.59 Å². The first-order valence-corrected chi connectivity index (χ1v) is 3.66. The molecule has 0 saturated carbocycles. The third-order valence-corrected chi connectivity index (χ3v) is 1.64. The van der Waals surface area contributed by atoms with Crippen LogP contribution in [0.25, 0.3) is 5.65 Å². The van der Waals surface area contributed by atoms with Crippen LogP contribution in [0.2, 0.25) is 0 Å². The van der Waals surface area contributed by atoms with Gasteiger partial charge in [-0.1, -0.05) is 0 Å². The highest BCUT2D eigenvalue weighted by Crippen LogP contribution is 1.90. The monoisotopic (exact) mass is 178 g/mol. The zero-order chi connectivity index (χ0) is 9.26. The second-order valence-corrected chi connectivity index (χ2v) is 2.44. The maximum Gasteiger partial charge on any atom is 0.350 e. The molecule has 0 aliphatic carbocycles. The predicted molar refractivity (Wildman–Crippen MR) is 43.3 cm³/mol. The minimum atomic E-state index is -0.329. The van der Waals surface area contributed by atoms with Gasteiger partial charge in [-0.2, -0.15) is 0 Å². The van der Waals surface area contributed by atoms with Gasteiger partial charge in [0.2, 0.25) is 0 Å². The molecular formula is C7H6N4O2. The Morgan fingerprint density at radius 2 is 2.38 bits per heavy atom. The lowest BCUT2D eigenvalue weighted by Gasteiger charge is -1.85. The van der Waals surface area contributed by atoms with Crippen LogP contribution in [0.3, 0.4) is 0 Å². The molecule has 2 rings (SSSR count). The van der Waals surface area contributed by atoms with Crippen LogP contribution in [0.5, 0.6) is 0 Å². The van der Waals surface area contributed by atoms with Gasteiger partial charge in [-0.05, 0) is 0 Å². The maximum absolute atomic E-state index is 11.4. The highest BCUT2D eigenvalue weighted by atomic mass is 16.2. The van der Waals surface area contributed by atoms with Crippen molar-refractivity contribution in [2.75, 3.05) is 0 Å². The normalized spacial score (nSPS) is 10.5. The highest BCUT2D eigenvalue weighted by molar-refractivity contribution is 5.49. The minimum Gasteiger partial charge on any atom is -0.301 e. The SMILES string of the molecule is O=CCn1nc2cnccn2c1=O. The molecule has 0 aliphatic heterocycles. The predicted octanol–water partition coefficient (Wildman–Crippen LogP) is -0.910. The third kappa shape index (κ3) is 1.12. The summed E-state index contributed by atoms with van der Waals surface area (Å²) in [6.07, 6.45) is 5.08. The fraction of sp³-hybridized carbons (Fsp3) is 0.143. The van der Waals surface area contributed by atoms with Gasteiger partial charge < -0.3 is 4.79 Å². The summed E-state index contributed by atoms with van der Waals surface area (Å²) in [5.41, 5.74) is 0.110. The quantitative estimate of drug-likeness (QED) is 0.558. The smallest absolute Gasteiger partial charge is 0.301 e. The summed E-state index contributed by atoms with van der Waals surface area (Å²) < 4.78 is 2.42. The van der Waals surface area contributed by atoms with Gasteiger partial charge in [-0.3, -0.25) is 4.98 Å². The third-order valence-electron chi connectivity index (χ3n) is 1.64. The van der Waals surface area contributed by atoms with Crippen LogP contribution in [0, 0.1) is 0 Å². The van der Waals surface area contributed by atoms with E-state index in [1.165, 1.54) is 23.0 Å². The molecule has 6 heteroatoms. The zero-order valence-electron chi connectivity index (χ0n) is 6.62. The van der Waals surface area contributed by atoms with Crippen LogP contribution in [0.15, 0.2) is 23.4 Å². The highest BCUT2D eigenvalue weighted by Gasteiger charge is 2.04. The molecule has 0 spiro atoms. The number of fused-ring (bicyclic) bond motifs is 1. The molecule has 0 aromatic carbocycles. The molecule has 6 nitrogen and oxygen atoms in total. The lowest BCUT2D eigenvalue weighted by Crippen LogP contribution is -2.21. The number of aromatic nitrogens is 4. The Morgan fingerprint density at radius 1 is 1.54 bits per heavy atom. The van der Waals surface area contributed by atoms with E-state index in [4.69, 9.17) is 0 Å². The summed E-state index contributed by atoms with van der Waals surface area (Å²) >= 11 is 0. The summed E-state index contributed by atoms with van der Waals surface area (Å²) in [6.45, 7) is -0.0273. The molecule has 2 heterocycles. The fourth-order valence-corrected chi connectivity index (χ4v) is 1.07. The second kappa shape index (κ2) is 2.81. The van der Waals surface area contributed by atoms with Gasteiger partial charge in [0.05, 0.1) is 6.20 Å². The largest absolute Gasteiger partial charge is 0.350 e. The lowest BCUT2D eigenvalue weighted by atomic mass is 10.7. The molecular weight excluding hydrogens is 172 g/mol. The molecule has 0 unspecified atom stereocenters. The van der Waals surface area contributed by atoms with E-state index in [1.807, 2.05) is 0 Å². The molecule has 0 N–H and O–H groups in total. The van der Waals surface area contributed by atoms with Gasteiger partial charge in [0.25, 0.3) is 0 Å². The van der Waals surface area contributed by atoms with E-state index in [0.717, 1.165) is 4.68 Å². The van der Waals surface area contributed by atoms with Crippen molar-refractivity contribution in [2.45, 2.75) is 6.54 Å². The average molecular weight is 178 g/mol. The van der Waals surface area contributed by atoms with Crippen molar-refractivity contribution >= 4 is 11.9 Å². The number of hydrogen-bond acceptors (Lipinski definition) is 4. The van der Waals surface area contributed by atoms with Crippen molar-refractivity contribution in [3.8, 4) is 0 Å². The van der Waals surface area contributed by atoms with Gasteiger partial charge in [0.1, 0.15) is 12.8 Å². The number of hydrogen-bond donors (Lipinski definition) is 0. The van der Waals surface area contributed by atoms with Crippen LogP contribution >= 0.6 is 0 Å². The minimum absolute atomic E-state index is 0.0273. The van der Waals surface area contributed by atoms with Crippen molar-refractivity contribution in [2.24, 2.45) is 0 Å². The summed E-state index contributed by atoms with van der Waals surface area (Å²) in [5.74, 6) is 0. The first kappa shape index (κ1) is 7.66. The van der Waals surface area contributed by atoms with Crippen molar-refractivity contribution < 1.29 is 4.79 Å². The number of nitrogens with zero attached hydrogens (tertiary/aromatic N) is 4. The Hall–Kier alpha value is -1.98. The van der Waals surface area contributed by atoms with Crippen LogP contribution in [0.1, 0.15) is 0 Å². The van der Waals surface area contributed by atoms with E-state index in [2.05, 4.69) is 10.1 Å². The standard InChI is InChI=1S/C7H6N4O2/c12-4-3-11-7(13)10-2-1-8-5-6(10)9-11/h1-2,4-5H,3H2. The molecule has 0 radical (unpaired) electrons. The summed E-state index contributed by atoms with van der Waals surface area (Å²) in [4.78, 5) is 25.4. The Kier molecular flexibility index (Phi) is 1.66. The molecule has 66 valence electrons. The molecule has 0 atom stereocenters. The van der Waals surface area contributed by atoms with E-state index in [1.54, 1.807) is 0 Å². The number of aldehydes is 1. The van der Waals surface area contributed by atoms with E-state index in [-0.39, 0.29) is 12.2 Å². The van der Waals surface area contributed by atoms with Crippen LogP contribution in [-0.2, 0) is 11.3 Å². The van der Waals surface area contributed by atoms with Gasteiger partial charge >= 0.3 is 5.69 Å². The molecule has 0 amide bonds. The zero-order valence-corrected chi connectivity index (χ0v) is 6.62. The van der Waals surface area contributed by atoms with Crippen LogP contribution < -0.4 is 5.69 Å². The number of carbonyl (C=O) groups excluding carboxylic acids is 1. The summed E-state index contributed by atoms with van der Waals surface area (Å²) in [7, 11) is 0. The lowest BCUT2D eigenvalue weighted by molar-refractivity contribution is -0.108. The number of carbonyl (C=O) groups is 1. The van der Waals surface area contributed by atoms with Gasteiger partial charge in [0, 0.05) is 12.4 Å². The molecule has 0 saturated heterocycles. The Bertz CT molecular complexity index is 498. The second-order valence-electron chi connectivity index (χ2n) is 2.44. The Labute approximate surface area is 72.4 Å². The Morgan fingerprint density at radius 3 is 3.08 bits per heavy atom. The summed E-state index contributed by atoms with van der Waals surface area (Å²) in [6, 6.07) is 0. The van der Waals surface area contributed by atoms with Crippen molar-refractivity contribution in [1.82, 2.24) is 19.2 Å². The van der Waals surface area contributed by atoms with Gasteiger partial charge in [-0.25, -0.2) is 13.9 Å². The summed E-state index contributed by atoms with van der Waals surface area (Å²) in [5, 5.41) is 3.88. The van der Waals surface area contributed by atoms with Crippen LogP contribution in [0.4, 0.5) is 0 Å². The average Bonchev–Trinajstić information content (AvgIpc) is 2.46. The molecule has 0 bridgehead atoms. The molecule has 0 fully saturated rings. The molecule has 2 aromatic rings. The first-order chi connectivity index (χ1) is 6.33. The van der Waals surface area contributed by atoms with Crippen molar-refractivity contribution in [3.05, 3.63) is 29.1 Å².